The highest BCUT2D eigenvalue weighted by molar-refractivity contribution is 5.77. The summed E-state index contributed by atoms with van der Waals surface area (Å²) in [6, 6.07) is 0. The van der Waals surface area contributed by atoms with Crippen LogP contribution in [0, 0.1) is 5.92 Å². The van der Waals surface area contributed by atoms with Gasteiger partial charge in [0.05, 0.1) is 13.2 Å². The normalized spacial score (nSPS) is 17.4. The Kier molecular flexibility index (Phi) is 7.21. The Morgan fingerprint density at radius 3 is 2.59 bits per heavy atom. The first-order valence-corrected chi connectivity index (χ1v) is 6.62. The monoisotopic (exact) mass is 243 g/mol. The van der Waals surface area contributed by atoms with Gasteiger partial charge in [0.2, 0.25) is 5.91 Å². The van der Waals surface area contributed by atoms with Crippen LogP contribution in [0.25, 0.3) is 0 Å². The maximum absolute atomic E-state index is 11.8. The molecule has 0 aliphatic carbocycles. The minimum Gasteiger partial charge on any atom is -0.382 e. The number of methoxy groups -OCH3 is 1. The van der Waals surface area contributed by atoms with E-state index in [1.807, 2.05) is 4.90 Å². The first kappa shape index (κ1) is 14.5. The lowest BCUT2D eigenvalue weighted by Crippen LogP contribution is -2.40. The van der Waals surface area contributed by atoms with Crippen LogP contribution in [-0.4, -0.2) is 50.8 Å². The lowest BCUT2D eigenvalue weighted by atomic mass is 9.92. The minimum atomic E-state index is 0.121. The maximum atomic E-state index is 11.8. The third-order valence-electron chi connectivity index (χ3n) is 3.32. The van der Waals surface area contributed by atoms with Gasteiger partial charge in [-0.15, -0.1) is 0 Å². The van der Waals surface area contributed by atoms with E-state index in [4.69, 9.17) is 9.47 Å². The quantitative estimate of drug-likeness (QED) is 0.639. The van der Waals surface area contributed by atoms with Gasteiger partial charge in [-0.2, -0.15) is 0 Å². The molecule has 0 atom stereocenters. The first-order valence-electron chi connectivity index (χ1n) is 6.62. The predicted molar refractivity (Wildman–Crippen MR) is 66.9 cm³/mol. The van der Waals surface area contributed by atoms with Crippen molar-refractivity contribution < 1.29 is 14.3 Å². The van der Waals surface area contributed by atoms with Crippen molar-refractivity contribution in [3.63, 3.8) is 0 Å². The van der Waals surface area contributed by atoms with Crippen molar-refractivity contribution >= 4 is 5.91 Å². The second-order valence-electron chi connectivity index (χ2n) is 4.66. The molecular formula is C13H25NO3. The van der Waals surface area contributed by atoms with E-state index in [0.717, 1.165) is 31.8 Å². The molecule has 100 valence electrons. The highest BCUT2D eigenvalue weighted by Crippen LogP contribution is 2.21. The predicted octanol–water partition coefficient (Wildman–Crippen LogP) is 1.69. The van der Waals surface area contributed by atoms with Crippen LogP contribution in [0.2, 0.25) is 0 Å². The van der Waals surface area contributed by atoms with Gasteiger partial charge >= 0.3 is 0 Å². The van der Waals surface area contributed by atoms with Gasteiger partial charge in [0, 0.05) is 20.2 Å². The second-order valence-corrected chi connectivity index (χ2v) is 4.66. The molecule has 0 radical (unpaired) electrons. The molecule has 1 aliphatic rings. The van der Waals surface area contributed by atoms with E-state index in [2.05, 4.69) is 6.92 Å². The molecule has 1 fully saturated rings. The Bertz CT molecular complexity index is 213. The molecular weight excluding hydrogens is 218 g/mol. The van der Waals surface area contributed by atoms with Crippen LogP contribution >= 0.6 is 0 Å². The van der Waals surface area contributed by atoms with Crippen molar-refractivity contribution in [1.82, 2.24) is 4.90 Å². The van der Waals surface area contributed by atoms with E-state index < -0.39 is 0 Å². The molecule has 0 saturated carbocycles. The van der Waals surface area contributed by atoms with Gasteiger partial charge in [0.15, 0.2) is 0 Å². The molecule has 1 amide bonds. The Morgan fingerprint density at radius 1 is 1.29 bits per heavy atom. The summed E-state index contributed by atoms with van der Waals surface area (Å²) in [5.41, 5.74) is 0. The van der Waals surface area contributed by atoms with E-state index in [1.165, 1.54) is 12.8 Å². The third-order valence-corrected chi connectivity index (χ3v) is 3.32. The Labute approximate surface area is 104 Å². The van der Waals surface area contributed by atoms with Gasteiger partial charge in [-0.05, 0) is 18.8 Å². The van der Waals surface area contributed by atoms with Gasteiger partial charge in [-0.1, -0.05) is 19.8 Å². The number of likely N-dealkylation sites (tertiary alicyclic amines) is 1. The van der Waals surface area contributed by atoms with Crippen molar-refractivity contribution in [2.75, 3.05) is 40.0 Å². The van der Waals surface area contributed by atoms with Crippen LogP contribution in [0.15, 0.2) is 0 Å². The molecule has 0 bridgehead atoms. The topological polar surface area (TPSA) is 38.8 Å². The number of piperidine rings is 1. The summed E-state index contributed by atoms with van der Waals surface area (Å²) >= 11 is 0. The third kappa shape index (κ3) is 5.50. The Morgan fingerprint density at radius 2 is 2.00 bits per heavy atom. The van der Waals surface area contributed by atoms with Crippen molar-refractivity contribution in [2.45, 2.75) is 32.6 Å². The summed E-state index contributed by atoms with van der Waals surface area (Å²) < 4.78 is 10.1. The van der Waals surface area contributed by atoms with Crippen molar-refractivity contribution in [3.8, 4) is 0 Å². The zero-order valence-corrected chi connectivity index (χ0v) is 11.1. The van der Waals surface area contributed by atoms with Crippen LogP contribution < -0.4 is 0 Å². The van der Waals surface area contributed by atoms with E-state index in [0.29, 0.717) is 13.2 Å². The number of carbonyl (C=O) groups is 1. The summed E-state index contributed by atoms with van der Waals surface area (Å²) in [7, 11) is 1.63. The minimum absolute atomic E-state index is 0.121. The summed E-state index contributed by atoms with van der Waals surface area (Å²) in [5, 5.41) is 0. The molecule has 1 rings (SSSR count). The van der Waals surface area contributed by atoms with Crippen molar-refractivity contribution in [1.29, 1.82) is 0 Å². The van der Waals surface area contributed by atoms with Gasteiger partial charge in [0.25, 0.3) is 0 Å². The molecule has 17 heavy (non-hydrogen) atoms. The number of rotatable bonds is 7. The molecule has 0 aromatic carbocycles. The number of amides is 1. The van der Waals surface area contributed by atoms with Gasteiger partial charge in [-0.3, -0.25) is 4.79 Å². The molecule has 0 unspecified atom stereocenters. The molecule has 1 heterocycles. The van der Waals surface area contributed by atoms with E-state index >= 15 is 0 Å². The highest BCUT2D eigenvalue weighted by Gasteiger charge is 2.21. The average Bonchev–Trinajstić information content (AvgIpc) is 2.36. The average molecular weight is 243 g/mol. The van der Waals surface area contributed by atoms with E-state index in [1.54, 1.807) is 7.11 Å². The molecule has 4 heteroatoms. The fourth-order valence-electron chi connectivity index (χ4n) is 2.27. The molecule has 0 spiro atoms. The number of carbonyl (C=O) groups excluding carboxylic acids is 1. The number of nitrogens with zero attached hydrogens (tertiary/aromatic N) is 1. The summed E-state index contributed by atoms with van der Waals surface area (Å²) in [4.78, 5) is 13.7. The molecule has 1 aliphatic heterocycles. The highest BCUT2D eigenvalue weighted by atomic mass is 16.5. The standard InChI is InChI=1S/C13H25NO3/c1-3-4-12-5-7-14(8-6-12)13(15)11-17-10-9-16-2/h12H,3-11H2,1-2H3. The molecule has 0 aromatic heterocycles. The van der Waals surface area contributed by atoms with Gasteiger partial charge in [-0.25, -0.2) is 0 Å². The number of hydrogen-bond donors (Lipinski definition) is 0. The maximum Gasteiger partial charge on any atom is 0.248 e. The van der Waals surface area contributed by atoms with Crippen molar-refractivity contribution in [2.24, 2.45) is 5.92 Å². The zero-order chi connectivity index (χ0) is 12.5. The Hall–Kier alpha value is -0.610. The van der Waals surface area contributed by atoms with E-state index in [-0.39, 0.29) is 12.5 Å². The van der Waals surface area contributed by atoms with Gasteiger partial charge < -0.3 is 14.4 Å². The molecule has 0 aromatic rings. The largest absolute Gasteiger partial charge is 0.382 e. The van der Waals surface area contributed by atoms with Gasteiger partial charge in [0.1, 0.15) is 6.61 Å². The number of hydrogen-bond acceptors (Lipinski definition) is 3. The van der Waals surface area contributed by atoms with Crippen molar-refractivity contribution in [3.05, 3.63) is 0 Å². The zero-order valence-electron chi connectivity index (χ0n) is 11.1. The van der Waals surface area contributed by atoms with E-state index in [9.17, 15) is 4.79 Å². The number of ether oxygens (including phenoxy) is 2. The van der Waals surface area contributed by atoms with Crippen LogP contribution in [0.4, 0.5) is 0 Å². The summed E-state index contributed by atoms with van der Waals surface area (Å²) in [6.45, 7) is 5.26. The summed E-state index contributed by atoms with van der Waals surface area (Å²) in [5.74, 6) is 0.939. The second kappa shape index (κ2) is 8.48. The van der Waals surface area contributed by atoms with Crippen LogP contribution in [0.3, 0.4) is 0 Å². The first-order chi connectivity index (χ1) is 8.27. The molecule has 4 nitrogen and oxygen atoms in total. The SMILES string of the molecule is CCCC1CCN(C(=O)COCCOC)CC1. The smallest absolute Gasteiger partial charge is 0.248 e. The molecule has 0 N–H and O–H groups in total. The van der Waals surface area contributed by atoms with Crippen LogP contribution in [-0.2, 0) is 14.3 Å². The van der Waals surface area contributed by atoms with Crippen LogP contribution in [0.1, 0.15) is 32.6 Å². The fraction of sp³-hybridized carbons (Fsp3) is 0.923. The molecule has 1 saturated heterocycles. The summed E-state index contributed by atoms with van der Waals surface area (Å²) in [6.07, 6.45) is 4.85. The lowest BCUT2D eigenvalue weighted by molar-refractivity contribution is -0.138. The lowest BCUT2D eigenvalue weighted by Gasteiger charge is -2.31. The fourth-order valence-corrected chi connectivity index (χ4v) is 2.27. The Balaban J connectivity index is 2.12. The van der Waals surface area contributed by atoms with Crippen LogP contribution in [0.5, 0.6) is 0 Å².